The van der Waals surface area contributed by atoms with E-state index in [2.05, 4.69) is 27.7 Å². The molecule has 0 amide bonds. The molecule has 0 aromatic rings. The number of hydrogen-bond donors (Lipinski definition) is 1. The summed E-state index contributed by atoms with van der Waals surface area (Å²) in [7, 11) is 0. The van der Waals surface area contributed by atoms with E-state index in [9.17, 15) is 5.11 Å². The lowest BCUT2D eigenvalue weighted by Crippen LogP contribution is -2.65. The second-order valence-electron chi connectivity index (χ2n) is 7.53. The van der Waals surface area contributed by atoms with Crippen molar-refractivity contribution in [3.05, 3.63) is 0 Å². The molecule has 0 aromatic carbocycles. The van der Waals surface area contributed by atoms with Crippen LogP contribution in [0.2, 0.25) is 0 Å². The maximum atomic E-state index is 11.1. The predicted octanol–water partition coefficient (Wildman–Crippen LogP) is 3.13. The first-order chi connectivity index (χ1) is 7.68. The molecule has 2 nitrogen and oxygen atoms in total. The summed E-state index contributed by atoms with van der Waals surface area (Å²) >= 11 is 0. The van der Waals surface area contributed by atoms with Crippen LogP contribution in [0.4, 0.5) is 0 Å². The van der Waals surface area contributed by atoms with Crippen LogP contribution >= 0.6 is 0 Å². The number of rotatable bonds is 0. The van der Waals surface area contributed by atoms with E-state index in [-0.39, 0.29) is 16.6 Å². The monoisotopic (exact) mass is 238 g/mol. The molecule has 2 heteroatoms. The largest absolute Gasteiger partial charge is 0.386 e. The summed E-state index contributed by atoms with van der Waals surface area (Å²) in [5, 5.41) is 11.1. The van der Waals surface area contributed by atoms with Gasteiger partial charge in [0.15, 0.2) is 0 Å². The highest BCUT2D eigenvalue weighted by molar-refractivity contribution is 5.30. The summed E-state index contributed by atoms with van der Waals surface area (Å²) in [6.07, 6.45) is 5.17. The molecule has 3 rings (SSSR count). The highest BCUT2D eigenvalue weighted by Crippen LogP contribution is 2.72. The van der Waals surface area contributed by atoms with Gasteiger partial charge in [-0.25, -0.2) is 0 Å². The van der Waals surface area contributed by atoms with E-state index in [0.29, 0.717) is 11.8 Å². The Bertz CT molecular complexity index is 360. The fourth-order valence-corrected chi connectivity index (χ4v) is 5.04. The fourth-order valence-electron chi connectivity index (χ4n) is 5.04. The van der Waals surface area contributed by atoms with Gasteiger partial charge >= 0.3 is 0 Å². The van der Waals surface area contributed by atoms with Gasteiger partial charge in [-0.2, -0.15) is 0 Å². The summed E-state index contributed by atoms with van der Waals surface area (Å²) in [6.45, 7) is 10.8. The number of epoxide rings is 1. The van der Waals surface area contributed by atoms with Gasteiger partial charge in [0.25, 0.3) is 0 Å². The van der Waals surface area contributed by atoms with Crippen molar-refractivity contribution in [2.75, 3.05) is 0 Å². The van der Waals surface area contributed by atoms with Gasteiger partial charge in [-0.3, -0.25) is 0 Å². The Balaban J connectivity index is 2.09. The van der Waals surface area contributed by atoms with Gasteiger partial charge in [0.2, 0.25) is 0 Å². The second-order valence-corrected chi connectivity index (χ2v) is 7.53. The molecular weight excluding hydrogens is 212 g/mol. The Morgan fingerprint density at radius 3 is 2.06 bits per heavy atom. The molecule has 3 aliphatic rings. The van der Waals surface area contributed by atoms with Gasteiger partial charge in [-0.1, -0.05) is 26.7 Å². The normalized spacial score (nSPS) is 60.4. The van der Waals surface area contributed by atoms with Gasteiger partial charge in [-0.15, -0.1) is 0 Å². The van der Waals surface area contributed by atoms with Crippen LogP contribution in [0, 0.1) is 17.3 Å². The first-order valence-electron chi connectivity index (χ1n) is 7.11. The lowest BCUT2D eigenvalue weighted by atomic mass is 9.47. The van der Waals surface area contributed by atoms with Crippen LogP contribution in [0.1, 0.15) is 60.3 Å². The minimum atomic E-state index is -0.729. The van der Waals surface area contributed by atoms with Gasteiger partial charge in [0.05, 0.1) is 5.60 Å². The van der Waals surface area contributed by atoms with E-state index in [4.69, 9.17) is 4.74 Å². The third kappa shape index (κ3) is 1.06. The van der Waals surface area contributed by atoms with Gasteiger partial charge < -0.3 is 9.84 Å². The van der Waals surface area contributed by atoms with E-state index in [0.717, 1.165) is 0 Å². The first kappa shape index (κ1) is 12.0. The topological polar surface area (TPSA) is 32.8 Å². The summed E-state index contributed by atoms with van der Waals surface area (Å²) in [5.74, 6) is 1.24. The van der Waals surface area contributed by atoms with Crippen LogP contribution in [-0.2, 0) is 4.74 Å². The molecule has 1 saturated heterocycles. The molecule has 2 saturated carbocycles. The average Bonchev–Trinajstić information content (AvgIpc) is 2.84. The predicted molar refractivity (Wildman–Crippen MR) is 67.7 cm³/mol. The number of ether oxygens (including phenoxy) is 1. The molecule has 1 aliphatic heterocycles. The Hall–Kier alpha value is -0.0800. The summed E-state index contributed by atoms with van der Waals surface area (Å²) in [5.41, 5.74) is -1.21. The van der Waals surface area contributed by atoms with Gasteiger partial charge in [-0.05, 0) is 50.9 Å². The third-order valence-electron chi connectivity index (χ3n) is 6.91. The molecule has 5 atom stereocenters. The molecule has 0 bridgehead atoms. The van der Waals surface area contributed by atoms with Crippen molar-refractivity contribution in [3.63, 3.8) is 0 Å². The van der Waals surface area contributed by atoms with Gasteiger partial charge in [0, 0.05) is 0 Å². The maximum Gasteiger partial charge on any atom is 0.124 e. The van der Waals surface area contributed by atoms with Crippen LogP contribution < -0.4 is 0 Å². The first-order valence-corrected chi connectivity index (χ1v) is 7.11. The summed E-state index contributed by atoms with van der Waals surface area (Å²) in [4.78, 5) is 0. The Morgan fingerprint density at radius 1 is 0.941 bits per heavy atom. The number of fused-ring (bicyclic) bond motifs is 3. The molecule has 17 heavy (non-hydrogen) atoms. The van der Waals surface area contributed by atoms with Crippen LogP contribution in [0.25, 0.3) is 0 Å². The standard InChI is InChI=1S/C15H26O2/c1-12(2)10-8-6-7-9-11(10)13(3)15(5,17-13)14(12,4)16/h10-11,16H,6-9H2,1-5H3. The molecule has 3 fully saturated rings. The van der Waals surface area contributed by atoms with Crippen molar-refractivity contribution in [3.8, 4) is 0 Å². The van der Waals surface area contributed by atoms with Crippen molar-refractivity contribution in [1.29, 1.82) is 0 Å². The van der Waals surface area contributed by atoms with Crippen LogP contribution in [-0.4, -0.2) is 21.9 Å². The van der Waals surface area contributed by atoms with Crippen LogP contribution in [0.3, 0.4) is 0 Å². The maximum absolute atomic E-state index is 11.1. The second kappa shape index (κ2) is 2.91. The molecule has 0 spiro atoms. The van der Waals surface area contributed by atoms with E-state index in [1.165, 1.54) is 25.7 Å². The average molecular weight is 238 g/mol. The minimum absolute atomic E-state index is 0.0527. The quantitative estimate of drug-likeness (QED) is 0.658. The lowest BCUT2D eigenvalue weighted by Gasteiger charge is -2.57. The van der Waals surface area contributed by atoms with Crippen LogP contribution in [0.5, 0.6) is 0 Å². The van der Waals surface area contributed by atoms with Crippen molar-refractivity contribution in [2.24, 2.45) is 17.3 Å². The van der Waals surface area contributed by atoms with Crippen molar-refractivity contribution in [2.45, 2.75) is 77.1 Å². The molecular formula is C15H26O2. The molecule has 0 radical (unpaired) electrons. The zero-order chi connectivity index (χ0) is 12.7. The molecule has 2 aliphatic carbocycles. The Morgan fingerprint density at radius 2 is 1.47 bits per heavy atom. The lowest BCUT2D eigenvalue weighted by molar-refractivity contribution is -0.163. The minimum Gasteiger partial charge on any atom is -0.386 e. The zero-order valence-corrected chi connectivity index (χ0v) is 11.8. The molecule has 1 N–H and O–H groups in total. The van der Waals surface area contributed by atoms with E-state index in [1.807, 2.05) is 6.92 Å². The van der Waals surface area contributed by atoms with E-state index >= 15 is 0 Å². The Kier molecular flexibility index (Phi) is 2.05. The summed E-state index contributed by atoms with van der Waals surface area (Å²) in [6, 6.07) is 0. The smallest absolute Gasteiger partial charge is 0.124 e. The van der Waals surface area contributed by atoms with Gasteiger partial charge in [0.1, 0.15) is 11.2 Å². The number of hydrogen-bond acceptors (Lipinski definition) is 2. The van der Waals surface area contributed by atoms with Crippen molar-refractivity contribution in [1.82, 2.24) is 0 Å². The fraction of sp³-hybridized carbons (Fsp3) is 1.00. The van der Waals surface area contributed by atoms with Crippen molar-refractivity contribution >= 4 is 0 Å². The zero-order valence-electron chi connectivity index (χ0n) is 11.8. The molecule has 1 heterocycles. The molecule has 5 unspecified atom stereocenters. The highest BCUT2D eigenvalue weighted by Gasteiger charge is 2.82. The molecule has 0 aromatic heterocycles. The van der Waals surface area contributed by atoms with E-state index in [1.54, 1.807) is 0 Å². The Labute approximate surface area is 105 Å². The third-order valence-corrected chi connectivity index (χ3v) is 6.91. The molecule has 98 valence electrons. The SMILES string of the molecule is CC1(C)C2CCCCC2C2(C)OC2(C)C1(C)O. The summed E-state index contributed by atoms with van der Waals surface area (Å²) < 4.78 is 6.12. The van der Waals surface area contributed by atoms with Crippen LogP contribution in [0.15, 0.2) is 0 Å². The van der Waals surface area contributed by atoms with Crippen molar-refractivity contribution < 1.29 is 9.84 Å². The highest BCUT2D eigenvalue weighted by atomic mass is 16.6. The number of aliphatic hydroxyl groups is 1. The van der Waals surface area contributed by atoms with E-state index < -0.39 is 5.60 Å².